The zero-order chi connectivity index (χ0) is 20.1. The highest BCUT2D eigenvalue weighted by atomic mass is 79.9. The average molecular weight is 460 g/mol. The molecule has 0 aliphatic carbocycles. The van der Waals surface area contributed by atoms with E-state index >= 15 is 0 Å². The summed E-state index contributed by atoms with van der Waals surface area (Å²) in [6, 6.07) is 24.0. The van der Waals surface area contributed by atoms with Gasteiger partial charge in [-0.15, -0.1) is 0 Å². The third-order valence-electron chi connectivity index (χ3n) is 4.48. The lowest BCUT2D eigenvalue weighted by atomic mass is 10.2. The average Bonchev–Trinajstić information content (AvgIpc) is 2.73. The van der Waals surface area contributed by atoms with Gasteiger partial charge < -0.3 is 14.5 Å². The molecule has 0 bridgehead atoms. The van der Waals surface area contributed by atoms with Crippen LogP contribution >= 0.6 is 23.3 Å². The topological polar surface area (TPSA) is 49.8 Å². The fraction of sp³-hybridized carbons (Fsp3) is 0.182. The second-order valence-electron chi connectivity index (χ2n) is 6.69. The summed E-state index contributed by atoms with van der Waals surface area (Å²) in [5, 5.41) is 11.5. The van der Waals surface area contributed by atoms with Gasteiger partial charge in [-0.2, -0.15) is 0 Å². The summed E-state index contributed by atoms with van der Waals surface area (Å²) in [7, 11) is 0.290. The third-order valence-corrected chi connectivity index (χ3v) is 7.48. The highest BCUT2D eigenvalue weighted by Crippen LogP contribution is 2.58. The predicted octanol–water partition coefficient (Wildman–Crippen LogP) is 5.33. The Bertz CT molecular complexity index is 944. The lowest BCUT2D eigenvalue weighted by molar-refractivity contribution is 0.210. The molecule has 0 radical (unpaired) electrons. The highest BCUT2D eigenvalue weighted by molar-refractivity contribution is 9.10. The van der Waals surface area contributed by atoms with Crippen molar-refractivity contribution in [2.24, 2.45) is 0 Å². The van der Waals surface area contributed by atoms with Crippen LogP contribution in [0.15, 0.2) is 83.3 Å². The van der Waals surface area contributed by atoms with E-state index < -0.39 is 13.2 Å². The molecule has 3 aromatic carbocycles. The van der Waals surface area contributed by atoms with Crippen LogP contribution in [0.2, 0.25) is 0 Å². The summed E-state index contributed by atoms with van der Waals surface area (Å²) < 4.78 is 20.8. The van der Waals surface area contributed by atoms with Crippen LogP contribution in [0.4, 0.5) is 5.69 Å². The zero-order valence-corrected chi connectivity index (χ0v) is 18.3. The normalized spacial score (nSPS) is 14.3. The van der Waals surface area contributed by atoms with Crippen LogP contribution in [0.25, 0.3) is 0 Å². The van der Waals surface area contributed by atoms with Gasteiger partial charge in [-0.3, -0.25) is 4.57 Å². The standard InChI is InChI=1S/C22H23BrNO3P/c1-24(2)20-12-14-21(15-13-20)28(26,27-16-17-6-4-3-5-7-17)22(25)18-8-10-19(23)11-9-18/h3-15,22,25H,16H2,1-2H3/t22-,28-/m1/s1. The van der Waals surface area contributed by atoms with Gasteiger partial charge in [0.15, 0.2) is 5.85 Å². The number of hydrogen-bond donors (Lipinski definition) is 1. The van der Waals surface area contributed by atoms with Gasteiger partial charge >= 0.3 is 0 Å². The molecule has 0 fully saturated rings. The molecule has 6 heteroatoms. The van der Waals surface area contributed by atoms with Crippen molar-refractivity contribution in [3.05, 3.63) is 94.5 Å². The van der Waals surface area contributed by atoms with Crippen LogP contribution in [-0.2, 0) is 15.7 Å². The maximum absolute atomic E-state index is 14.0. The first kappa shape index (κ1) is 20.8. The number of halogens is 1. The van der Waals surface area contributed by atoms with Gasteiger partial charge in [0.2, 0.25) is 0 Å². The van der Waals surface area contributed by atoms with Crippen molar-refractivity contribution >= 4 is 34.3 Å². The second kappa shape index (κ2) is 9.06. The van der Waals surface area contributed by atoms with E-state index in [1.165, 1.54) is 0 Å². The molecule has 0 unspecified atom stereocenters. The van der Waals surface area contributed by atoms with Crippen LogP contribution in [0, 0.1) is 0 Å². The summed E-state index contributed by atoms with van der Waals surface area (Å²) in [6.45, 7) is 0.154. The Morgan fingerprint density at radius 1 is 0.964 bits per heavy atom. The van der Waals surface area contributed by atoms with Gasteiger partial charge in [0.1, 0.15) is 0 Å². The molecule has 28 heavy (non-hydrogen) atoms. The fourth-order valence-electron chi connectivity index (χ4n) is 2.82. The first-order chi connectivity index (χ1) is 13.4. The van der Waals surface area contributed by atoms with E-state index in [1.54, 1.807) is 24.3 Å². The van der Waals surface area contributed by atoms with E-state index in [2.05, 4.69) is 15.9 Å². The van der Waals surface area contributed by atoms with Gasteiger partial charge in [-0.25, -0.2) is 0 Å². The van der Waals surface area contributed by atoms with Crippen molar-refractivity contribution in [3.63, 3.8) is 0 Å². The third kappa shape index (κ3) is 4.73. The molecule has 0 amide bonds. The lowest BCUT2D eigenvalue weighted by Crippen LogP contribution is -2.16. The first-order valence-electron chi connectivity index (χ1n) is 8.90. The number of aliphatic hydroxyl groups excluding tert-OH is 1. The van der Waals surface area contributed by atoms with Gasteiger partial charge in [0.25, 0.3) is 7.37 Å². The highest BCUT2D eigenvalue weighted by Gasteiger charge is 2.36. The molecular weight excluding hydrogens is 437 g/mol. The molecule has 0 spiro atoms. The molecule has 0 heterocycles. The number of hydrogen-bond acceptors (Lipinski definition) is 4. The summed E-state index contributed by atoms with van der Waals surface area (Å²) in [5.74, 6) is -1.26. The summed E-state index contributed by atoms with van der Waals surface area (Å²) >= 11 is 3.39. The van der Waals surface area contributed by atoms with Gasteiger partial charge in [0, 0.05) is 29.6 Å². The molecule has 1 N–H and O–H groups in total. The molecule has 0 aromatic heterocycles. The van der Waals surface area contributed by atoms with E-state index in [4.69, 9.17) is 4.52 Å². The maximum Gasteiger partial charge on any atom is 0.264 e. The van der Waals surface area contributed by atoms with Crippen molar-refractivity contribution in [2.75, 3.05) is 19.0 Å². The fourth-order valence-corrected chi connectivity index (χ4v) is 5.13. The molecule has 146 valence electrons. The SMILES string of the molecule is CN(C)c1ccc([P@@](=O)(OCc2ccccc2)[C@@H](O)c2ccc(Br)cc2)cc1. The van der Waals surface area contributed by atoms with E-state index in [9.17, 15) is 9.67 Å². The van der Waals surface area contributed by atoms with Crippen LogP contribution < -0.4 is 10.2 Å². The van der Waals surface area contributed by atoms with Crippen LogP contribution in [-0.4, -0.2) is 19.2 Å². The molecular formula is C22H23BrNO3P. The molecule has 0 saturated heterocycles. The monoisotopic (exact) mass is 459 g/mol. The zero-order valence-electron chi connectivity index (χ0n) is 15.8. The molecule has 0 aliphatic rings. The summed E-state index contributed by atoms with van der Waals surface area (Å²) in [5.41, 5.74) is 2.43. The summed E-state index contributed by atoms with van der Waals surface area (Å²) in [4.78, 5) is 1.96. The molecule has 0 aliphatic heterocycles. The van der Waals surface area contributed by atoms with Gasteiger partial charge in [-0.05, 0) is 47.5 Å². The van der Waals surface area contributed by atoms with E-state index in [1.807, 2.05) is 73.6 Å². The Hall–Kier alpha value is -1.91. The van der Waals surface area contributed by atoms with E-state index in [0.717, 1.165) is 15.7 Å². The van der Waals surface area contributed by atoms with E-state index in [0.29, 0.717) is 10.9 Å². The second-order valence-corrected chi connectivity index (χ2v) is 10.1. The Balaban J connectivity index is 1.96. The number of nitrogens with zero attached hydrogens (tertiary/aromatic N) is 1. The number of aliphatic hydroxyl groups is 1. The number of benzene rings is 3. The molecule has 2 atom stereocenters. The predicted molar refractivity (Wildman–Crippen MR) is 118 cm³/mol. The lowest BCUT2D eigenvalue weighted by Gasteiger charge is -2.25. The molecule has 0 saturated carbocycles. The van der Waals surface area contributed by atoms with E-state index in [-0.39, 0.29) is 6.61 Å². The van der Waals surface area contributed by atoms with Crippen LogP contribution in [0.5, 0.6) is 0 Å². The van der Waals surface area contributed by atoms with Crippen molar-refractivity contribution in [3.8, 4) is 0 Å². The Morgan fingerprint density at radius 2 is 1.57 bits per heavy atom. The smallest absolute Gasteiger partial charge is 0.264 e. The quantitative estimate of drug-likeness (QED) is 0.485. The molecule has 4 nitrogen and oxygen atoms in total. The Labute approximate surface area is 174 Å². The minimum Gasteiger partial charge on any atom is -0.378 e. The van der Waals surface area contributed by atoms with Crippen LogP contribution in [0.3, 0.4) is 0 Å². The summed E-state index contributed by atoms with van der Waals surface area (Å²) in [6.07, 6.45) is 0. The Morgan fingerprint density at radius 3 is 2.14 bits per heavy atom. The largest absolute Gasteiger partial charge is 0.378 e. The van der Waals surface area contributed by atoms with Crippen molar-refractivity contribution < 1.29 is 14.2 Å². The number of rotatable bonds is 7. The maximum atomic E-state index is 14.0. The first-order valence-corrected chi connectivity index (χ1v) is 11.4. The minimum atomic E-state index is -3.59. The van der Waals surface area contributed by atoms with Gasteiger partial charge in [0.05, 0.1) is 6.61 Å². The Kier molecular flexibility index (Phi) is 6.73. The molecule has 3 rings (SSSR count). The number of anilines is 1. The van der Waals surface area contributed by atoms with Crippen molar-refractivity contribution in [1.29, 1.82) is 0 Å². The molecule has 3 aromatic rings. The van der Waals surface area contributed by atoms with Crippen molar-refractivity contribution in [2.45, 2.75) is 12.5 Å². The van der Waals surface area contributed by atoms with Crippen LogP contribution in [0.1, 0.15) is 17.0 Å². The minimum absolute atomic E-state index is 0.154. The van der Waals surface area contributed by atoms with Gasteiger partial charge in [-0.1, -0.05) is 58.4 Å². The van der Waals surface area contributed by atoms with Crippen molar-refractivity contribution in [1.82, 2.24) is 0 Å².